The number of benzene rings is 1. The zero-order valence-corrected chi connectivity index (χ0v) is 8.99. The summed E-state index contributed by atoms with van der Waals surface area (Å²) in [6.45, 7) is 0. The van der Waals surface area contributed by atoms with Crippen LogP contribution >= 0.6 is 28.3 Å². The molecule has 2 N–H and O–H groups in total. The maximum Gasteiger partial charge on any atom is 0.0411 e. The van der Waals surface area contributed by atoms with Gasteiger partial charge in [-0.25, -0.2) is 0 Å². The van der Waals surface area contributed by atoms with E-state index in [4.69, 9.17) is 5.73 Å². The van der Waals surface area contributed by atoms with E-state index in [-0.39, 0.29) is 17.9 Å². The largest absolute Gasteiger partial charge is 0.321 e. The Hall–Kier alpha value is -0.0500. The van der Waals surface area contributed by atoms with Gasteiger partial charge in [-0.1, -0.05) is 28.1 Å². The van der Waals surface area contributed by atoms with Crippen molar-refractivity contribution >= 4 is 28.3 Å². The normalized spacial score (nSPS) is 18.2. The van der Waals surface area contributed by atoms with E-state index in [1.807, 2.05) is 12.1 Å². The van der Waals surface area contributed by atoms with E-state index in [1.165, 1.54) is 5.56 Å². The zero-order chi connectivity index (χ0) is 7.90. The molecule has 0 aliphatic heterocycles. The lowest BCUT2D eigenvalue weighted by Crippen LogP contribution is -2.18. The first kappa shape index (κ1) is 10.0. The van der Waals surface area contributed by atoms with Crippen molar-refractivity contribution in [3.05, 3.63) is 34.3 Å². The Bertz CT molecular complexity index is 284. The molecule has 1 aromatic carbocycles. The highest BCUT2D eigenvalue weighted by Crippen LogP contribution is 2.42. The fraction of sp³-hybridized carbons (Fsp3) is 0.333. The fourth-order valence-corrected chi connectivity index (χ4v) is 1.62. The summed E-state index contributed by atoms with van der Waals surface area (Å²) in [5.41, 5.74) is 7.28. The maximum absolute atomic E-state index is 6.02. The summed E-state index contributed by atoms with van der Waals surface area (Å²) in [7, 11) is 0. The average molecular weight is 249 g/mol. The average Bonchev–Trinajstić information content (AvgIpc) is 2.70. The standard InChI is InChI=1S/C9H10BrN.ClH/c10-8-3-1-2-7(6-8)9(11)4-5-9;/h1-3,6H,4-5,11H2;1H. The smallest absolute Gasteiger partial charge is 0.0411 e. The van der Waals surface area contributed by atoms with Crippen molar-refractivity contribution in [3.63, 3.8) is 0 Å². The van der Waals surface area contributed by atoms with Crippen LogP contribution in [0.3, 0.4) is 0 Å². The minimum Gasteiger partial charge on any atom is -0.321 e. The van der Waals surface area contributed by atoms with Gasteiger partial charge in [0.05, 0.1) is 0 Å². The van der Waals surface area contributed by atoms with Gasteiger partial charge in [-0.05, 0) is 30.5 Å². The Morgan fingerprint density at radius 3 is 2.50 bits per heavy atom. The van der Waals surface area contributed by atoms with Crippen LogP contribution in [-0.2, 0) is 5.54 Å². The van der Waals surface area contributed by atoms with Crippen molar-refractivity contribution in [1.82, 2.24) is 0 Å². The lowest BCUT2D eigenvalue weighted by atomic mass is 10.1. The second-order valence-electron chi connectivity index (χ2n) is 3.17. The number of halogens is 2. The molecule has 0 radical (unpaired) electrons. The van der Waals surface area contributed by atoms with E-state index in [0.29, 0.717) is 0 Å². The molecule has 0 unspecified atom stereocenters. The van der Waals surface area contributed by atoms with Gasteiger partial charge in [0.25, 0.3) is 0 Å². The van der Waals surface area contributed by atoms with Crippen LogP contribution in [0, 0.1) is 0 Å². The van der Waals surface area contributed by atoms with Crippen LogP contribution in [-0.4, -0.2) is 0 Å². The minimum absolute atomic E-state index is 0. The molecule has 0 amide bonds. The highest BCUT2D eigenvalue weighted by Gasteiger charge is 2.39. The Labute approximate surface area is 86.9 Å². The van der Waals surface area contributed by atoms with Gasteiger partial charge in [0.1, 0.15) is 0 Å². The summed E-state index contributed by atoms with van der Waals surface area (Å²) in [6, 6.07) is 8.26. The van der Waals surface area contributed by atoms with E-state index in [0.717, 1.165) is 17.3 Å². The monoisotopic (exact) mass is 247 g/mol. The second kappa shape index (κ2) is 3.36. The third-order valence-electron chi connectivity index (χ3n) is 2.19. The first-order valence-electron chi connectivity index (χ1n) is 3.76. The van der Waals surface area contributed by atoms with Crippen LogP contribution in [0.2, 0.25) is 0 Å². The number of hydrogen-bond donors (Lipinski definition) is 1. The molecule has 0 spiro atoms. The SMILES string of the molecule is Cl.NC1(c2cccc(Br)c2)CC1. The van der Waals surface area contributed by atoms with Gasteiger partial charge in [-0.15, -0.1) is 12.4 Å². The Morgan fingerprint density at radius 1 is 1.33 bits per heavy atom. The third kappa shape index (κ3) is 1.82. The number of rotatable bonds is 1. The Morgan fingerprint density at radius 2 is 2.00 bits per heavy atom. The molecule has 3 heteroatoms. The summed E-state index contributed by atoms with van der Waals surface area (Å²) < 4.78 is 1.12. The van der Waals surface area contributed by atoms with Gasteiger partial charge in [-0.2, -0.15) is 0 Å². The molecule has 0 atom stereocenters. The van der Waals surface area contributed by atoms with Gasteiger partial charge in [0.15, 0.2) is 0 Å². The fourth-order valence-electron chi connectivity index (χ4n) is 1.22. The predicted octanol–water partition coefficient (Wildman–Crippen LogP) is 2.82. The summed E-state index contributed by atoms with van der Waals surface area (Å²) >= 11 is 3.43. The molecule has 1 aliphatic carbocycles. The lowest BCUT2D eigenvalue weighted by molar-refractivity contribution is 0.739. The molecule has 1 saturated carbocycles. The minimum atomic E-state index is 0. The summed E-state index contributed by atoms with van der Waals surface area (Å²) in [6.07, 6.45) is 2.26. The van der Waals surface area contributed by atoms with Crippen LogP contribution < -0.4 is 5.73 Å². The molecule has 66 valence electrons. The van der Waals surface area contributed by atoms with Gasteiger partial charge in [0, 0.05) is 10.0 Å². The second-order valence-corrected chi connectivity index (χ2v) is 4.08. The molecule has 1 fully saturated rings. The summed E-state index contributed by atoms with van der Waals surface area (Å²) in [4.78, 5) is 0. The molecule has 12 heavy (non-hydrogen) atoms. The first-order chi connectivity index (χ1) is 5.21. The first-order valence-corrected chi connectivity index (χ1v) is 4.55. The number of nitrogens with two attached hydrogens (primary N) is 1. The third-order valence-corrected chi connectivity index (χ3v) is 2.68. The van der Waals surface area contributed by atoms with E-state index in [1.54, 1.807) is 0 Å². The van der Waals surface area contributed by atoms with Crippen molar-refractivity contribution in [2.75, 3.05) is 0 Å². The Balaban J connectivity index is 0.000000720. The molecule has 0 bridgehead atoms. The molecule has 1 nitrogen and oxygen atoms in total. The van der Waals surface area contributed by atoms with Crippen molar-refractivity contribution in [2.45, 2.75) is 18.4 Å². The van der Waals surface area contributed by atoms with Crippen LogP contribution in [0.4, 0.5) is 0 Å². The zero-order valence-electron chi connectivity index (χ0n) is 6.59. The highest BCUT2D eigenvalue weighted by molar-refractivity contribution is 9.10. The summed E-state index contributed by atoms with van der Waals surface area (Å²) in [5.74, 6) is 0. The van der Waals surface area contributed by atoms with E-state index < -0.39 is 0 Å². The summed E-state index contributed by atoms with van der Waals surface area (Å²) in [5, 5.41) is 0. The van der Waals surface area contributed by atoms with Crippen LogP contribution in [0.5, 0.6) is 0 Å². The Kier molecular flexibility index (Phi) is 2.81. The van der Waals surface area contributed by atoms with Crippen molar-refractivity contribution in [1.29, 1.82) is 0 Å². The van der Waals surface area contributed by atoms with E-state index in [2.05, 4.69) is 28.1 Å². The molecule has 2 rings (SSSR count). The maximum atomic E-state index is 6.02. The molecule has 0 saturated heterocycles. The van der Waals surface area contributed by atoms with E-state index >= 15 is 0 Å². The van der Waals surface area contributed by atoms with Crippen LogP contribution in [0.1, 0.15) is 18.4 Å². The molecular weight excluding hydrogens is 237 g/mol. The molecule has 0 aromatic heterocycles. The van der Waals surface area contributed by atoms with Gasteiger partial charge < -0.3 is 5.73 Å². The predicted molar refractivity (Wildman–Crippen MR) is 56.5 cm³/mol. The molecule has 1 aliphatic rings. The number of hydrogen-bond acceptors (Lipinski definition) is 1. The van der Waals surface area contributed by atoms with E-state index in [9.17, 15) is 0 Å². The van der Waals surface area contributed by atoms with Crippen molar-refractivity contribution in [2.24, 2.45) is 5.73 Å². The van der Waals surface area contributed by atoms with Gasteiger partial charge in [-0.3, -0.25) is 0 Å². The molecule has 0 heterocycles. The van der Waals surface area contributed by atoms with Crippen LogP contribution in [0.25, 0.3) is 0 Å². The van der Waals surface area contributed by atoms with Crippen molar-refractivity contribution < 1.29 is 0 Å². The molecular formula is C9H11BrClN. The van der Waals surface area contributed by atoms with Crippen molar-refractivity contribution in [3.8, 4) is 0 Å². The lowest BCUT2D eigenvalue weighted by Gasteiger charge is -2.08. The molecule has 1 aromatic rings. The van der Waals surface area contributed by atoms with Crippen LogP contribution in [0.15, 0.2) is 28.7 Å². The highest BCUT2D eigenvalue weighted by atomic mass is 79.9. The van der Waals surface area contributed by atoms with Gasteiger partial charge >= 0.3 is 0 Å². The topological polar surface area (TPSA) is 26.0 Å². The van der Waals surface area contributed by atoms with Gasteiger partial charge in [0.2, 0.25) is 0 Å². The quantitative estimate of drug-likeness (QED) is 0.813.